The largest absolute Gasteiger partial charge is 0.197 e. The number of hydrogen-bond donors (Lipinski definition) is 0. The number of unbranched alkanes of at least 4 members (excludes halogenated alkanes) is 2. The van der Waals surface area contributed by atoms with Crippen molar-refractivity contribution in [2.24, 2.45) is 23.2 Å². The molecule has 0 aromatic heterocycles. The summed E-state index contributed by atoms with van der Waals surface area (Å²) in [5.74, 6) is 2.89. The Bertz CT molecular complexity index is 373. The van der Waals surface area contributed by atoms with Crippen LogP contribution < -0.4 is 0 Å². The molecule has 0 spiro atoms. The van der Waals surface area contributed by atoms with Crippen LogP contribution in [0.3, 0.4) is 0 Å². The molecule has 1 nitrogen and oxygen atoms in total. The van der Waals surface area contributed by atoms with Crippen LogP contribution in [0.1, 0.15) is 90.9 Å². The summed E-state index contributed by atoms with van der Waals surface area (Å²) in [6.07, 6.45) is 20.6. The highest BCUT2D eigenvalue weighted by Gasteiger charge is 2.36. The van der Waals surface area contributed by atoms with E-state index in [0.29, 0.717) is 0 Å². The van der Waals surface area contributed by atoms with Crippen LogP contribution in [0.25, 0.3) is 0 Å². The fraction of sp³-hybridized carbons (Fsp3) is 0.857. The van der Waals surface area contributed by atoms with Gasteiger partial charge in [-0.05, 0) is 63.2 Å². The van der Waals surface area contributed by atoms with Crippen LogP contribution in [-0.2, 0) is 0 Å². The summed E-state index contributed by atoms with van der Waals surface area (Å²) in [7, 11) is 0. The van der Waals surface area contributed by atoms with Crippen molar-refractivity contribution in [3.05, 3.63) is 12.2 Å². The van der Waals surface area contributed by atoms with E-state index < -0.39 is 0 Å². The molecule has 0 bridgehead atoms. The summed E-state index contributed by atoms with van der Waals surface area (Å²) in [6, 6.07) is 2.59. The summed E-state index contributed by atoms with van der Waals surface area (Å²) < 4.78 is 0. The Labute approximate surface area is 138 Å². The van der Waals surface area contributed by atoms with Crippen LogP contribution in [0.4, 0.5) is 0 Å². The normalized spacial score (nSPS) is 36.3. The van der Waals surface area contributed by atoms with Gasteiger partial charge in [0.1, 0.15) is 0 Å². The third kappa shape index (κ3) is 4.61. The minimum Gasteiger partial charge on any atom is -0.197 e. The van der Waals surface area contributed by atoms with Gasteiger partial charge in [0.2, 0.25) is 0 Å². The highest BCUT2D eigenvalue weighted by molar-refractivity contribution is 5.13. The van der Waals surface area contributed by atoms with Crippen LogP contribution in [0.15, 0.2) is 12.2 Å². The standard InChI is InChI=1S/C21H35N/c1-3-5-6-7-18-8-10-19(11-9-18)20-12-15-21(17-22,14-4-2)16-13-20/h4,14,18-20H,3,5-13,15-16H2,1-2H3/b14-4-. The smallest absolute Gasteiger partial charge is 0.0753 e. The van der Waals surface area contributed by atoms with Gasteiger partial charge in [0.05, 0.1) is 11.5 Å². The third-order valence-electron chi connectivity index (χ3n) is 6.40. The van der Waals surface area contributed by atoms with Crippen molar-refractivity contribution in [2.45, 2.75) is 90.9 Å². The predicted octanol–water partition coefficient (Wildman–Crippen LogP) is 6.65. The molecule has 0 atom stereocenters. The first-order valence-electron chi connectivity index (χ1n) is 9.78. The molecule has 2 fully saturated rings. The lowest BCUT2D eigenvalue weighted by molar-refractivity contribution is 0.136. The summed E-state index contributed by atoms with van der Waals surface area (Å²) in [5.41, 5.74) is -0.136. The van der Waals surface area contributed by atoms with E-state index in [1.165, 1.54) is 64.2 Å². The van der Waals surface area contributed by atoms with Gasteiger partial charge in [0.25, 0.3) is 0 Å². The summed E-state index contributed by atoms with van der Waals surface area (Å²) in [4.78, 5) is 0. The quantitative estimate of drug-likeness (QED) is 0.398. The van der Waals surface area contributed by atoms with Crippen LogP contribution in [0, 0.1) is 34.5 Å². The maximum atomic E-state index is 9.51. The van der Waals surface area contributed by atoms with E-state index in [0.717, 1.165) is 30.6 Å². The van der Waals surface area contributed by atoms with Crippen LogP contribution in [-0.4, -0.2) is 0 Å². The van der Waals surface area contributed by atoms with E-state index in [1.54, 1.807) is 0 Å². The maximum absolute atomic E-state index is 9.51. The molecule has 2 aliphatic carbocycles. The van der Waals surface area contributed by atoms with Crippen molar-refractivity contribution in [3.63, 3.8) is 0 Å². The molecule has 0 unspecified atom stereocenters. The molecular formula is C21H35N. The average molecular weight is 302 g/mol. The predicted molar refractivity (Wildman–Crippen MR) is 94.4 cm³/mol. The van der Waals surface area contributed by atoms with Gasteiger partial charge in [-0.3, -0.25) is 0 Å². The molecule has 22 heavy (non-hydrogen) atoms. The van der Waals surface area contributed by atoms with Gasteiger partial charge < -0.3 is 0 Å². The van der Waals surface area contributed by atoms with Crippen molar-refractivity contribution in [1.29, 1.82) is 5.26 Å². The monoisotopic (exact) mass is 301 g/mol. The minimum absolute atomic E-state index is 0.136. The highest BCUT2D eigenvalue weighted by Crippen LogP contribution is 2.46. The van der Waals surface area contributed by atoms with Crippen molar-refractivity contribution < 1.29 is 0 Å². The summed E-state index contributed by atoms with van der Waals surface area (Å²) in [5, 5.41) is 9.51. The Balaban J connectivity index is 1.74. The van der Waals surface area contributed by atoms with Gasteiger partial charge in [-0.25, -0.2) is 0 Å². The second-order valence-electron chi connectivity index (χ2n) is 7.88. The van der Waals surface area contributed by atoms with E-state index in [2.05, 4.69) is 25.1 Å². The fourth-order valence-corrected chi connectivity index (χ4v) is 4.89. The van der Waals surface area contributed by atoms with Gasteiger partial charge in [-0.15, -0.1) is 0 Å². The number of rotatable bonds is 6. The minimum atomic E-state index is -0.136. The Morgan fingerprint density at radius 1 is 1.00 bits per heavy atom. The van der Waals surface area contributed by atoms with Crippen molar-refractivity contribution in [2.75, 3.05) is 0 Å². The number of hydrogen-bond acceptors (Lipinski definition) is 1. The topological polar surface area (TPSA) is 23.8 Å². The molecule has 2 rings (SSSR count). The number of nitrogens with zero attached hydrogens (tertiary/aromatic N) is 1. The van der Waals surface area contributed by atoms with Gasteiger partial charge in [0, 0.05) is 0 Å². The molecule has 0 heterocycles. The van der Waals surface area contributed by atoms with Crippen molar-refractivity contribution >= 4 is 0 Å². The zero-order chi connectivity index (χ0) is 15.8. The first kappa shape index (κ1) is 17.6. The molecule has 0 saturated heterocycles. The second kappa shape index (κ2) is 8.76. The molecule has 0 radical (unpaired) electrons. The van der Waals surface area contributed by atoms with E-state index >= 15 is 0 Å². The van der Waals surface area contributed by atoms with Crippen LogP contribution >= 0.6 is 0 Å². The Morgan fingerprint density at radius 2 is 1.64 bits per heavy atom. The Kier molecular flexibility index (Phi) is 7.00. The third-order valence-corrected chi connectivity index (χ3v) is 6.40. The zero-order valence-electron chi connectivity index (χ0n) is 14.8. The first-order valence-corrected chi connectivity index (χ1v) is 9.78. The maximum Gasteiger partial charge on any atom is 0.0753 e. The molecule has 2 aliphatic rings. The lowest BCUT2D eigenvalue weighted by Gasteiger charge is -2.39. The molecular weight excluding hydrogens is 266 g/mol. The molecule has 0 aromatic carbocycles. The first-order chi connectivity index (χ1) is 10.7. The van der Waals surface area contributed by atoms with Gasteiger partial charge in [-0.1, -0.05) is 57.6 Å². The zero-order valence-corrected chi connectivity index (χ0v) is 14.8. The van der Waals surface area contributed by atoms with Gasteiger partial charge in [-0.2, -0.15) is 5.26 Å². The molecule has 0 aliphatic heterocycles. The van der Waals surface area contributed by atoms with Crippen molar-refractivity contribution in [1.82, 2.24) is 0 Å². The highest BCUT2D eigenvalue weighted by atomic mass is 14.4. The number of nitriles is 1. The second-order valence-corrected chi connectivity index (χ2v) is 7.88. The van der Waals surface area contributed by atoms with E-state index in [-0.39, 0.29) is 5.41 Å². The fourth-order valence-electron chi connectivity index (χ4n) is 4.89. The summed E-state index contributed by atoms with van der Waals surface area (Å²) >= 11 is 0. The van der Waals surface area contributed by atoms with Crippen LogP contribution in [0.2, 0.25) is 0 Å². The Hall–Kier alpha value is -0.770. The van der Waals surface area contributed by atoms with Gasteiger partial charge in [0.15, 0.2) is 0 Å². The lowest BCUT2D eigenvalue weighted by Crippen LogP contribution is -2.30. The van der Waals surface area contributed by atoms with Crippen molar-refractivity contribution in [3.8, 4) is 6.07 Å². The summed E-state index contributed by atoms with van der Waals surface area (Å²) in [6.45, 7) is 4.35. The molecule has 1 heteroatoms. The van der Waals surface area contributed by atoms with E-state index in [1.807, 2.05) is 6.92 Å². The van der Waals surface area contributed by atoms with Gasteiger partial charge >= 0.3 is 0 Å². The SMILES string of the molecule is C/C=C\C1(C#N)CCC(C2CCC(CCCCC)CC2)CC1. The van der Waals surface area contributed by atoms with E-state index in [9.17, 15) is 5.26 Å². The molecule has 0 aromatic rings. The lowest BCUT2D eigenvalue weighted by atomic mass is 9.64. The molecule has 124 valence electrons. The molecule has 0 amide bonds. The van der Waals surface area contributed by atoms with E-state index in [4.69, 9.17) is 0 Å². The molecule has 2 saturated carbocycles. The van der Waals surface area contributed by atoms with Crippen LogP contribution in [0.5, 0.6) is 0 Å². The number of allylic oxidation sites excluding steroid dienone is 2. The molecule has 0 N–H and O–H groups in total. The Morgan fingerprint density at radius 3 is 2.18 bits per heavy atom. The average Bonchev–Trinajstić information content (AvgIpc) is 2.57.